The zero-order valence-electron chi connectivity index (χ0n) is 17.7. The molecule has 2 aromatic carbocycles. The van der Waals surface area contributed by atoms with Gasteiger partial charge in [0.2, 0.25) is 5.91 Å². The van der Waals surface area contributed by atoms with E-state index in [0.717, 1.165) is 21.7 Å². The average Bonchev–Trinajstić information content (AvgIpc) is 3.05. The van der Waals surface area contributed by atoms with Crippen molar-refractivity contribution < 1.29 is 23.9 Å². The molecule has 31 heavy (non-hydrogen) atoms. The van der Waals surface area contributed by atoms with Crippen LogP contribution in [0.15, 0.2) is 42.5 Å². The van der Waals surface area contributed by atoms with Crippen LogP contribution in [-0.2, 0) is 19.1 Å². The van der Waals surface area contributed by atoms with Crippen molar-refractivity contribution in [2.24, 2.45) is 5.92 Å². The summed E-state index contributed by atoms with van der Waals surface area (Å²) in [6, 6.07) is 12.6. The first-order valence-electron chi connectivity index (χ1n) is 9.94. The molecule has 1 fully saturated rings. The second-order valence-electron chi connectivity index (χ2n) is 7.75. The summed E-state index contributed by atoms with van der Waals surface area (Å²) < 4.78 is 5.08. The number of hydrogen-bond acceptors (Lipinski definition) is 5. The van der Waals surface area contributed by atoms with E-state index in [4.69, 9.17) is 4.74 Å². The van der Waals surface area contributed by atoms with E-state index < -0.39 is 30.3 Å². The molecule has 0 saturated carbocycles. The molecule has 0 unspecified atom stereocenters. The Morgan fingerprint density at radius 3 is 2.42 bits per heavy atom. The lowest BCUT2D eigenvalue weighted by Gasteiger charge is -2.17. The molecule has 0 spiro atoms. The Hall–Kier alpha value is -3.68. The molecule has 1 saturated heterocycles. The van der Waals surface area contributed by atoms with Gasteiger partial charge in [-0.2, -0.15) is 0 Å². The van der Waals surface area contributed by atoms with E-state index in [1.54, 1.807) is 18.2 Å². The maximum Gasteiger partial charge on any atom is 0.311 e. The summed E-state index contributed by atoms with van der Waals surface area (Å²) in [6.07, 6.45) is -0.0916. The number of carbonyl (C=O) groups excluding carboxylic acids is 4. The summed E-state index contributed by atoms with van der Waals surface area (Å²) in [5.74, 6) is -2.69. The van der Waals surface area contributed by atoms with Crippen molar-refractivity contribution in [3.63, 3.8) is 0 Å². The fourth-order valence-corrected chi connectivity index (χ4v) is 3.45. The summed E-state index contributed by atoms with van der Waals surface area (Å²) in [7, 11) is 0. The summed E-state index contributed by atoms with van der Waals surface area (Å²) >= 11 is 0. The highest BCUT2D eigenvalue weighted by Crippen LogP contribution is 2.18. The third-order valence-electron chi connectivity index (χ3n) is 4.83. The molecular formula is C23H25N3O5. The van der Waals surface area contributed by atoms with E-state index in [1.165, 1.54) is 0 Å². The van der Waals surface area contributed by atoms with Crippen LogP contribution < -0.4 is 10.7 Å². The molecule has 3 amide bonds. The number of nitrogens with one attached hydrogen (secondary N) is 2. The highest BCUT2D eigenvalue weighted by molar-refractivity contribution is 5.97. The first-order chi connectivity index (χ1) is 14.7. The zero-order chi connectivity index (χ0) is 22.5. The van der Waals surface area contributed by atoms with Gasteiger partial charge in [0.25, 0.3) is 11.8 Å². The van der Waals surface area contributed by atoms with E-state index >= 15 is 0 Å². The molecule has 0 bridgehead atoms. The van der Waals surface area contributed by atoms with Crippen molar-refractivity contribution in [2.75, 3.05) is 18.5 Å². The van der Waals surface area contributed by atoms with Gasteiger partial charge in [0.1, 0.15) is 0 Å². The van der Waals surface area contributed by atoms with Crippen LogP contribution in [0.3, 0.4) is 0 Å². The van der Waals surface area contributed by atoms with Crippen LogP contribution in [0.4, 0.5) is 5.69 Å². The molecule has 1 heterocycles. The lowest BCUT2D eigenvalue weighted by molar-refractivity contribution is -0.151. The predicted molar refractivity (Wildman–Crippen MR) is 114 cm³/mol. The molecule has 0 aliphatic carbocycles. The monoisotopic (exact) mass is 423 g/mol. The number of ether oxygens (including phenoxy) is 1. The Morgan fingerprint density at radius 2 is 1.74 bits per heavy atom. The Kier molecular flexibility index (Phi) is 6.69. The second kappa shape index (κ2) is 9.42. The molecule has 162 valence electrons. The molecule has 8 nitrogen and oxygen atoms in total. The molecule has 1 atom stereocenters. The fourth-order valence-electron chi connectivity index (χ4n) is 3.45. The van der Waals surface area contributed by atoms with Crippen LogP contribution in [0.2, 0.25) is 0 Å². The number of rotatable bonds is 6. The van der Waals surface area contributed by atoms with Crippen molar-refractivity contribution in [3.05, 3.63) is 64.7 Å². The van der Waals surface area contributed by atoms with E-state index in [1.807, 2.05) is 45.0 Å². The topological polar surface area (TPSA) is 105 Å². The van der Waals surface area contributed by atoms with Gasteiger partial charge in [-0.15, -0.1) is 0 Å². The largest absolute Gasteiger partial charge is 0.455 e. The molecule has 2 aromatic rings. The fraction of sp³-hybridized carbons (Fsp3) is 0.304. The minimum atomic E-state index is -0.751. The Bertz CT molecular complexity index is 1010. The smallest absolute Gasteiger partial charge is 0.311 e. The van der Waals surface area contributed by atoms with E-state index in [2.05, 4.69) is 10.7 Å². The highest BCUT2D eigenvalue weighted by atomic mass is 16.5. The van der Waals surface area contributed by atoms with Crippen LogP contribution in [0.25, 0.3) is 0 Å². The summed E-state index contributed by atoms with van der Waals surface area (Å²) in [6.45, 7) is 5.24. The maximum atomic E-state index is 12.3. The van der Waals surface area contributed by atoms with Gasteiger partial charge in [-0.1, -0.05) is 23.8 Å². The standard InChI is InChI=1S/C23H25N3O5/c1-14-5-4-6-17(8-14)22(29)25-26-12-18(11-21(26)28)23(30)31-13-20(27)24-19-9-15(2)7-16(3)10-19/h4-10,18H,11-13H2,1-3H3,(H,24,27)(H,25,29)/t18-/m0/s1. The third-order valence-corrected chi connectivity index (χ3v) is 4.83. The summed E-state index contributed by atoms with van der Waals surface area (Å²) in [4.78, 5) is 48.9. The van der Waals surface area contributed by atoms with E-state index in [0.29, 0.717) is 11.3 Å². The second-order valence-corrected chi connectivity index (χ2v) is 7.75. The Labute approximate surface area is 180 Å². The van der Waals surface area contributed by atoms with Crippen LogP contribution in [0, 0.1) is 26.7 Å². The highest BCUT2D eigenvalue weighted by Gasteiger charge is 2.36. The molecule has 0 radical (unpaired) electrons. The number of amides is 3. The van der Waals surface area contributed by atoms with Gasteiger partial charge in [-0.05, 0) is 56.2 Å². The maximum absolute atomic E-state index is 12.3. The lowest BCUT2D eigenvalue weighted by atomic mass is 10.1. The van der Waals surface area contributed by atoms with Gasteiger partial charge >= 0.3 is 5.97 Å². The van der Waals surface area contributed by atoms with Crippen LogP contribution >= 0.6 is 0 Å². The number of anilines is 1. The first kappa shape index (κ1) is 22.0. The SMILES string of the molecule is Cc1cc(C)cc(NC(=O)COC(=O)[C@H]2CC(=O)N(NC(=O)c3cccc(C)c3)C2)c1. The summed E-state index contributed by atoms with van der Waals surface area (Å²) in [5, 5.41) is 3.80. The molecule has 3 rings (SSSR count). The number of aryl methyl sites for hydroxylation is 3. The quantitative estimate of drug-likeness (QED) is 0.694. The van der Waals surface area contributed by atoms with E-state index in [-0.39, 0.29) is 18.9 Å². The molecule has 0 aromatic heterocycles. The number of hydrazine groups is 1. The third kappa shape index (κ3) is 5.91. The predicted octanol–water partition coefficient (Wildman–Crippen LogP) is 2.29. The van der Waals surface area contributed by atoms with Crippen LogP contribution in [0.5, 0.6) is 0 Å². The number of esters is 1. The molecule has 1 aliphatic heterocycles. The van der Waals surface area contributed by atoms with Crippen molar-refractivity contribution in [2.45, 2.75) is 27.2 Å². The zero-order valence-corrected chi connectivity index (χ0v) is 17.7. The van der Waals surface area contributed by atoms with Gasteiger partial charge in [0, 0.05) is 17.7 Å². The molecule has 8 heteroatoms. The minimum absolute atomic E-state index is 0.00604. The number of benzene rings is 2. The number of nitrogens with zero attached hydrogens (tertiary/aromatic N) is 1. The van der Waals surface area contributed by atoms with Gasteiger partial charge in [-0.25, -0.2) is 0 Å². The average molecular weight is 423 g/mol. The number of carbonyl (C=O) groups is 4. The Balaban J connectivity index is 1.49. The van der Waals surface area contributed by atoms with E-state index in [9.17, 15) is 19.2 Å². The van der Waals surface area contributed by atoms with Crippen molar-refractivity contribution in [1.82, 2.24) is 10.4 Å². The van der Waals surface area contributed by atoms with Crippen molar-refractivity contribution in [1.29, 1.82) is 0 Å². The lowest BCUT2D eigenvalue weighted by Crippen LogP contribution is -2.43. The molecule has 1 aliphatic rings. The van der Waals surface area contributed by atoms with Gasteiger partial charge in [0.05, 0.1) is 12.5 Å². The summed E-state index contributed by atoms with van der Waals surface area (Å²) in [5.41, 5.74) is 6.49. The van der Waals surface area contributed by atoms with Crippen LogP contribution in [0.1, 0.15) is 33.5 Å². The van der Waals surface area contributed by atoms with Crippen molar-refractivity contribution >= 4 is 29.4 Å². The van der Waals surface area contributed by atoms with Crippen molar-refractivity contribution in [3.8, 4) is 0 Å². The normalized spacial score (nSPS) is 15.5. The van der Waals surface area contributed by atoms with Gasteiger partial charge in [-0.3, -0.25) is 29.6 Å². The van der Waals surface area contributed by atoms with Crippen LogP contribution in [-0.4, -0.2) is 41.9 Å². The number of hydrogen-bond donors (Lipinski definition) is 2. The Morgan fingerprint density at radius 1 is 1.03 bits per heavy atom. The van der Waals surface area contributed by atoms with Gasteiger partial charge < -0.3 is 10.1 Å². The minimum Gasteiger partial charge on any atom is -0.455 e. The van der Waals surface area contributed by atoms with Gasteiger partial charge in [0.15, 0.2) is 6.61 Å². The molecular weight excluding hydrogens is 398 g/mol. The molecule has 2 N–H and O–H groups in total. The first-order valence-corrected chi connectivity index (χ1v) is 9.94.